The molecule has 0 saturated carbocycles. The van der Waals surface area contributed by atoms with Gasteiger partial charge in [0.15, 0.2) is 0 Å². The number of amides is 1. The molecule has 1 amide bonds. The summed E-state index contributed by atoms with van der Waals surface area (Å²) in [5, 5.41) is 3.10. The predicted octanol–water partition coefficient (Wildman–Crippen LogP) is 2.79. The van der Waals surface area contributed by atoms with Crippen molar-refractivity contribution < 1.29 is 9.53 Å². The van der Waals surface area contributed by atoms with E-state index < -0.39 is 5.60 Å². The van der Waals surface area contributed by atoms with E-state index in [1.54, 1.807) is 0 Å². The van der Waals surface area contributed by atoms with Gasteiger partial charge in [-0.2, -0.15) is 0 Å². The minimum absolute atomic E-state index is 0.269. The molecular formula is C15H23ClN4O2. The van der Waals surface area contributed by atoms with Crippen molar-refractivity contribution in [1.82, 2.24) is 15.3 Å². The van der Waals surface area contributed by atoms with Crippen molar-refractivity contribution in [3.63, 3.8) is 0 Å². The first-order valence-corrected chi connectivity index (χ1v) is 7.84. The second kappa shape index (κ2) is 6.69. The molecule has 1 saturated heterocycles. The van der Waals surface area contributed by atoms with E-state index in [4.69, 9.17) is 16.3 Å². The quantitative estimate of drug-likeness (QED) is 0.865. The molecule has 22 heavy (non-hydrogen) atoms. The molecule has 0 aliphatic carbocycles. The maximum atomic E-state index is 11.7. The van der Waals surface area contributed by atoms with Gasteiger partial charge >= 0.3 is 6.09 Å². The number of anilines is 1. The molecule has 7 heteroatoms. The standard InChI is InChI=1S/C15H23ClN4O2/c1-10-7-12(19-13(16)18-10)20-6-5-11(9-20)8-17-14(21)22-15(2,3)4/h7,11H,5-6,8-9H2,1-4H3,(H,17,21). The normalized spacial score (nSPS) is 18.4. The first-order valence-electron chi connectivity index (χ1n) is 7.46. The largest absolute Gasteiger partial charge is 0.444 e. The summed E-state index contributed by atoms with van der Waals surface area (Å²) in [4.78, 5) is 22.2. The number of aromatic nitrogens is 2. The Kier molecular flexibility index (Phi) is 5.11. The summed E-state index contributed by atoms with van der Waals surface area (Å²) in [5.41, 5.74) is 0.381. The minimum Gasteiger partial charge on any atom is -0.444 e. The maximum absolute atomic E-state index is 11.7. The Hall–Kier alpha value is -1.56. The molecule has 1 aromatic rings. The van der Waals surface area contributed by atoms with E-state index in [0.717, 1.165) is 31.0 Å². The van der Waals surface area contributed by atoms with Gasteiger partial charge in [0.1, 0.15) is 11.4 Å². The number of alkyl carbamates (subject to hydrolysis) is 1. The SMILES string of the molecule is Cc1cc(N2CCC(CNC(=O)OC(C)(C)C)C2)nc(Cl)n1. The lowest BCUT2D eigenvalue weighted by Crippen LogP contribution is -2.36. The van der Waals surface area contributed by atoms with E-state index in [-0.39, 0.29) is 11.4 Å². The number of rotatable bonds is 3. The van der Waals surface area contributed by atoms with E-state index in [1.807, 2.05) is 33.8 Å². The molecule has 1 atom stereocenters. The van der Waals surface area contributed by atoms with Crippen LogP contribution in [0.4, 0.5) is 10.6 Å². The monoisotopic (exact) mass is 326 g/mol. The third kappa shape index (κ3) is 5.02. The topological polar surface area (TPSA) is 67.4 Å². The fourth-order valence-corrected chi connectivity index (χ4v) is 2.65. The molecule has 1 aliphatic heterocycles. The summed E-state index contributed by atoms with van der Waals surface area (Å²) >= 11 is 5.91. The van der Waals surface area contributed by atoms with Gasteiger partial charge in [0.05, 0.1) is 0 Å². The lowest BCUT2D eigenvalue weighted by Gasteiger charge is -2.21. The number of ether oxygens (including phenoxy) is 1. The molecule has 6 nitrogen and oxygen atoms in total. The molecule has 1 N–H and O–H groups in total. The van der Waals surface area contributed by atoms with E-state index >= 15 is 0 Å². The Morgan fingerprint density at radius 3 is 2.86 bits per heavy atom. The lowest BCUT2D eigenvalue weighted by atomic mass is 10.1. The van der Waals surface area contributed by atoms with Crippen LogP contribution in [0.5, 0.6) is 0 Å². The molecule has 0 radical (unpaired) electrons. The van der Waals surface area contributed by atoms with E-state index in [1.165, 1.54) is 0 Å². The van der Waals surface area contributed by atoms with Gasteiger partial charge in [0.2, 0.25) is 5.28 Å². The number of halogens is 1. The number of nitrogens with zero attached hydrogens (tertiary/aromatic N) is 3. The molecule has 2 heterocycles. The Morgan fingerprint density at radius 1 is 1.50 bits per heavy atom. The van der Waals surface area contributed by atoms with E-state index in [2.05, 4.69) is 20.2 Å². The minimum atomic E-state index is -0.471. The number of hydrogen-bond acceptors (Lipinski definition) is 5. The van der Waals surface area contributed by atoms with Crippen molar-refractivity contribution in [2.45, 2.75) is 39.7 Å². The summed E-state index contributed by atoms with van der Waals surface area (Å²) in [6, 6.07) is 1.93. The third-order valence-corrected chi connectivity index (χ3v) is 3.53. The van der Waals surface area contributed by atoms with Crippen LogP contribution in [-0.4, -0.2) is 41.3 Å². The van der Waals surface area contributed by atoms with Gasteiger partial charge in [-0.3, -0.25) is 0 Å². The molecule has 1 unspecified atom stereocenters. The van der Waals surface area contributed by atoms with E-state index in [0.29, 0.717) is 12.5 Å². The number of hydrogen-bond donors (Lipinski definition) is 1. The summed E-state index contributed by atoms with van der Waals surface area (Å²) in [6.45, 7) is 9.79. The molecule has 2 rings (SSSR count). The molecule has 1 fully saturated rings. The number of carbonyl (C=O) groups excluding carboxylic acids is 1. The highest BCUT2D eigenvalue weighted by Gasteiger charge is 2.25. The van der Waals surface area contributed by atoms with Crippen LogP contribution in [0.2, 0.25) is 5.28 Å². The Labute approximate surface area is 136 Å². The van der Waals surface area contributed by atoms with Crippen LogP contribution in [0.1, 0.15) is 32.9 Å². The highest BCUT2D eigenvalue weighted by molar-refractivity contribution is 6.28. The highest BCUT2D eigenvalue weighted by Crippen LogP contribution is 2.23. The summed E-state index contributed by atoms with van der Waals surface area (Å²) in [7, 11) is 0. The van der Waals surface area contributed by atoms with Crippen LogP contribution in [0.15, 0.2) is 6.07 Å². The van der Waals surface area contributed by atoms with Gasteiger partial charge in [-0.1, -0.05) is 0 Å². The van der Waals surface area contributed by atoms with Crippen molar-refractivity contribution in [2.24, 2.45) is 5.92 Å². The van der Waals surface area contributed by atoms with Gasteiger partial charge in [-0.15, -0.1) is 0 Å². The maximum Gasteiger partial charge on any atom is 0.407 e. The summed E-state index contributed by atoms with van der Waals surface area (Å²) < 4.78 is 5.24. The zero-order valence-corrected chi connectivity index (χ0v) is 14.3. The Bertz CT molecular complexity index is 525. The third-order valence-electron chi connectivity index (χ3n) is 3.36. The van der Waals surface area contributed by atoms with Crippen molar-refractivity contribution in [1.29, 1.82) is 0 Å². The van der Waals surface area contributed by atoms with Gasteiger partial charge in [0, 0.05) is 31.4 Å². The second-order valence-corrected chi connectivity index (χ2v) is 6.96. The Morgan fingerprint density at radius 2 is 2.23 bits per heavy atom. The average Bonchev–Trinajstić information content (AvgIpc) is 2.82. The molecule has 122 valence electrons. The molecule has 0 spiro atoms. The van der Waals surface area contributed by atoms with Crippen LogP contribution in [0.3, 0.4) is 0 Å². The first kappa shape index (κ1) is 16.8. The number of carbonyl (C=O) groups is 1. The average molecular weight is 327 g/mol. The van der Waals surface area contributed by atoms with Crippen LogP contribution in [0, 0.1) is 12.8 Å². The van der Waals surface area contributed by atoms with Crippen LogP contribution < -0.4 is 10.2 Å². The molecule has 0 aromatic carbocycles. The van der Waals surface area contributed by atoms with Gasteiger partial charge in [-0.05, 0) is 51.6 Å². The molecule has 1 aromatic heterocycles. The summed E-state index contributed by atoms with van der Waals surface area (Å²) in [5.74, 6) is 1.22. The fourth-order valence-electron chi connectivity index (χ4n) is 2.43. The van der Waals surface area contributed by atoms with Crippen molar-refractivity contribution in [3.8, 4) is 0 Å². The zero-order valence-electron chi connectivity index (χ0n) is 13.5. The second-order valence-electron chi connectivity index (χ2n) is 6.62. The van der Waals surface area contributed by atoms with Gasteiger partial charge in [0.25, 0.3) is 0 Å². The van der Waals surface area contributed by atoms with Crippen molar-refractivity contribution in [3.05, 3.63) is 17.0 Å². The molecular weight excluding hydrogens is 304 g/mol. The lowest BCUT2D eigenvalue weighted by molar-refractivity contribution is 0.0520. The number of aryl methyl sites for hydroxylation is 1. The van der Waals surface area contributed by atoms with Crippen molar-refractivity contribution >= 4 is 23.5 Å². The molecule has 1 aliphatic rings. The molecule has 0 bridgehead atoms. The fraction of sp³-hybridized carbons (Fsp3) is 0.667. The van der Waals surface area contributed by atoms with Crippen LogP contribution in [0.25, 0.3) is 0 Å². The number of nitrogens with one attached hydrogen (secondary N) is 1. The Balaban J connectivity index is 1.84. The van der Waals surface area contributed by atoms with Crippen molar-refractivity contribution in [2.75, 3.05) is 24.5 Å². The van der Waals surface area contributed by atoms with Crippen LogP contribution in [-0.2, 0) is 4.74 Å². The highest BCUT2D eigenvalue weighted by atomic mass is 35.5. The van der Waals surface area contributed by atoms with Crippen LogP contribution >= 0.6 is 11.6 Å². The van der Waals surface area contributed by atoms with E-state index in [9.17, 15) is 4.79 Å². The van der Waals surface area contributed by atoms with Gasteiger partial charge in [-0.25, -0.2) is 14.8 Å². The zero-order chi connectivity index (χ0) is 16.3. The van der Waals surface area contributed by atoms with Gasteiger partial charge < -0.3 is 15.0 Å². The smallest absolute Gasteiger partial charge is 0.407 e. The predicted molar refractivity (Wildman–Crippen MR) is 86.3 cm³/mol. The summed E-state index contributed by atoms with van der Waals surface area (Å²) in [6.07, 6.45) is 0.628. The first-order chi connectivity index (χ1) is 10.2.